The van der Waals surface area contributed by atoms with Gasteiger partial charge in [-0.05, 0) is 36.8 Å². The Bertz CT molecular complexity index is 1500. The van der Waals surface area contributed by atoms with Crippen LogP contribution in [0.15, 0.2) is 94.4 Å². The number of hydrogen-bond acceptors (Lipinski definition) is 5. The Labute approximate surface area is 189 Å². The number of carbonyl (C=O) groups is 1. The molecule has 0 saturated carbocycles. The Morgan fingerprint density at radius 2 is 1.76 bits per heavy atom. The van der Waals surface area contributed by atoms with Gasteiger partial charge in [-0.15, -0.1) is 0 Å². The molecular weight excluding hydrogens is 416 g/mol. The normalized spacial score (nSPS) is 10.9. The van der Waals surface area contributed by atoms with Crippen LogP contribution in [0, 0.1) is 6.92 Å². The molecule has 5 rings (SSSR count). The first-order valence-electron chi connectivity index (χ1n) is 10.5. The first-order valence-corrected chi connectivity index (χ1v) is 10.5. The van der Waals surface area contributed by atoms with E-state index in [1.165, 1.54) is 6.07 Å². The van der Waals surface area contributed by atoms with Gasteiger partial charge >= 0.3 is 0 Å². The Balaban J connectivity index is 1.43. The van der Waals surface area contributed by atoms with Gasteiger partial charge in [-0.25, -0.2) is 4.98 Å². The molecule has 0 unspecified atom stereocenters. The second-order valence-corrected chi connectivity index (χ2v) is 7.69. The molecule has 0 aliphatic rings. The fourth-order valence-electron chi connectivity index (χ4n) is 3.71. The van der Waals surface area contributed by atoms with E-state index in [1.807, 2.05) is 60.7 Å². The van der Waals surface area contributed by atoms with Crippen LogP contribution in [0.25, 0.3) is 22.4 Å². The lowest BCUT2D eigenvalue weighted by Gasteiger charge is -2.10. The van der Waals surface area contributed by atoms with Gasteiger partial charge in [0.25, 0.3) is 17.2 Å². The number of benzene rings is 2. The van der Waals surface area contributed by atoms with Crippen molar-refractivity contribution >= 4 is 22.7 Å². The number of fused-ring (bicyclic) bond motifs is 1. The highest BCUT2D eigenvalue weighted by Gasteiger charge is 2.19. The van der Waals surface area contributed by atoms with E-state index in [0.717, 1.165) is 11.1 Å². The van der Waals surface area contributed by atoms with Crippen molar-refractivity contribution in [1.82, 2.24) is 14.7 Å². The van der Waals surface area contributed by atoms with Gasteiger partial charge in [-0.2, -0.15) is 0 Å². The summed E-state index contributed by atoms with van der Waals surface area (Å²) >= 11 is 0. The van der Waals surface area contributed by atoms with Crippen molar-refractivity contribution in [2.75, 3.05) is 5.32 Å². The van der Waals surface area contributed by atoms with Crippen LogP contribution in [0.4, 0.5) is 5.69 Å². The van der Waals surface area contributed by atoms with Crippen LogP contribution in [0.3, 0.4) is 0 Å². The van der Waals surface area contributed by atoms with Gasteiger partial charge in [0.05, 0.1) is 28.9 Å². The number of anilines is 1. The molecule has 0 radical (unpaired) electrons. The van der Waals surface area contributed by atoms with E-state index in [2.05, 4.69) is 15.5 Å². The molecule has 0 aliphatic heterocycles. The van der Waals surface area contributed by atoms with Gasteiger partial charge < -0.3 is 14.4 Å². The summed E-state index contributed by atoms with van der Waals surface area (Å²) in [6, 6.07) is 23.8. The van der Waals surface area contributed by atoms with Crippen molar-refractivity contribution in [2.45, 2.75) is 13.5 Å². The van der Waals surface area contributed by atoms with Crippen molar-refractivity contribution in [2.24, 2.45) is 0 Å². The Morgan fingerprint density at radius 1 is 1.00 bits per heavy atom. The first-order chi connectivity index (χ1) is 16.1. The zero-order chi connectivity index (χ0) is 22.8. The van der Waals surface area contributed by atoms with E-state index >= 15 is 0 Å². The molecule has 162 valence electrons. The van der Waals surface area contributed by atoms with Crippen molar-refractivity contribution in [3.05, 3.63) is 112 Å². The molecule has 0 atom stereocenters. The highest BCUT2D eigenvalue weighted by atomic mass is 16.5. The zero-order valence-corrected chi connectivity index (χ0v) is 17.9. The highest BCUT2D eigenvalue weighted by molar-refractivity contribution is 6.13. The number of aromatic nitrogens is 3. The van der Waals surface area contributed by atoms with Crippen LogP contribution in [0.2, 0.25) is 0 Å². The van der Waals surface area contributed by atoms with Gasteiger partial charge in [-0.1, -0.05) is 53.7 Å². The van der Waals surface area contributed by atoms with Gasteiger partial charge in [0.15, 0.2) is 0 Å². The van der Waals surface area contributed by atoms with Crippen LogP contribution in [0.5, 0.6) is 0 Å². The molecule has 0 saturated heterocycles. The minimum atomic E-state index is -0.280. The second kappa shape index (κ2) is 8.55. The molecule has 0 fully saturated rings. The van der Waals surface area contributed by atoms with Gasteiger partial charge in [-0.3, -0.25) is 9.59 Å². The van der Waals surface area contributed by atoms with Crippen molar-refractivity contribution in [3.63, 3.8) is 0 Å². The minimum absolute atomic E-state index is 0.0603. The summed E-state index contributed by atoms with van der Waals surface area (Å²) in [6.45, 7) is 2.24. The molecule has 3 aromatic heterocycles. The van der Waals surface area contributed by atoms with Gasteiger partial charge in [0, 0.05) is 23.5 Å². The van der Waals surface area contributed by atoms with Gasteiger partial charge in [0.2, 0.25) is 0 Å². The molecule has 1 amide bonds. The van der Waals surface area contributed by atoms with E-state index in [0.29, 0.717) is 40.3 Å². The minimum Gasteiger partial charge on any atom is -0.335 e. The summed E-state index contributed by atoms with van der Waals surface area (Å²) < 4.78 is 6.99. The Morgan fingerprint density at radius 3 is 2.52 bits per heavy atom. The lowest BCUT2D eigenvalue weighted by molar-refractivity contribution is 0.102. The monoisotopic (exact) mass is 436 g/mol. The third-order valence-corrected chi connectivity index (χ3v) is 5.40. The summed E-state index contributed by atoms with van der Waals surface area (Å²) in [4.78, 5) is 29.7. The quantitative estimate of drug-likeness (QED) is 0.433. The van der Waals surface area contributed by atoms with E-state index in [1.54, 1.807) is 29.8 Å². The molecule has 33 heavy (non-hydrogen) atoms. The van der Waals surface area contributed by atoms with Crippen LogP contribution in [-0.4, -0.2) is 20.6 Å². The lowest BCUT2D eigenvalue weighted by Crippen LogP contribution is -2.18. The van der Waals surface area contributed by atoms with Crippen LogP contribution >= 0.6 is 0 Å². The highest BCUT2D eigenvalue weighted by Crippen LogP contribution is 2.27. The number of aryl methyl sites for hydroxylation is 1. The van der Waals surface area contributed by atoms with Gasteiger partial charge in [0.1, 0.15) is 0 Å². The maximum atomic E-state index is 13.2. The van der Waals surface area contributed by atoms with E-state index in [-0.39, 0.29) is 11.5 Å². The molecule has 0 bridgehead atoms. The SMILES string of the molecule is Cc1noc2nc(-c3ccccc3)cc(C(=O)Nc3ccc(Cn4ccccc4=O)cc3)c12. The summed E-state index contributed by atoms with van der Waals surface area (Å²) in [6.07, 6.45) is 1.75. The summed E-state index contributed by atoms with van der Waals surface area (Å²) in [5, 5.41) is 7.53. The third-order valence-electron chi connectivity index (χ3n) is 5.40. The predicted octanol–water partition coefficient (Wildman–Crippen LogP) is 4.66. The molecule has 1 N–H and O–H groups in total. The molecule has 7 nitrogen and oxygen atoms in total. The predicted molar refractivity (Wildman–Crippen MR) is 126 cm³/mol. The number of hydrogen-bond donors (Lipinski definition) is 1. The van der Waals surface area contributed by atoms with Crippen molar-refractivity contribution in [1.29, 1.82) is 0 Å². The Kier molecular flexibility index (Phi) is 5.28. The number of pyridine rings is 2. The standard InChI is InChI=1S/C26H20N4O3/c1-17-24-21(15-22(28-26(24)33-29-17)19-7-3-2-4-8-19)25(32)27-20-12-10-18(11-13-20)16-30-14-6-5-9-23(30)31/h2-15H,16H2,1H3,(H,27,32). The summed E-state index contributed by atoms with van der Waals surface area (Å²) in [5.41, 5.74) is 4.41. The molecule has 7 heteroatoms. The number of nitrogens with zero attached hydrogens (tertiary/aromatic N) is 3. The molecule has 2 aromatic carbocycles. The average Bonchev–Trinajstić information content (AvgIpc) is 3.22. The van der Waals surface area contributed by atoms with Crippen LogP contribution in [-0.2, 0) is 6.54 Å². The van der Waals surface area contributed by atoms with Crippen molar-refractivity contribution < 1.29 is 9.32 Å². The van der Waals surface area contributed by atoms with E-state index in [4.69, 9.17) is 4.52 Å². The zero-order valence-electron chi connectivity index (χ0n) is 17.9. The molecule has 3 heterocycles. The third kappa shape index (κ3) is 4.16. The molecule has 0 spiro atoms. The first kappa shape index (κ1) is 20.4. The van der Waals surface area contributed by atoms with E-state index < -0.39 is 0 Å². The largest absolute Gasteiger partial charge is 0.335 e. The fraction of sp³-hybridized carbons (Fsp3) is 0.0769. The number of carbonyl (C=O) groups excluding carboxylic acids is 1. The Hall–Kier alpha value is -4.52. The molecular formula is C26H20N4O3. The smallest absolute Gasteiger partial charge is 0.259 e. The maximum absolute atomic E-state index is 13.2. The van der Waals surface area contributed by atoms with Crippen molar-refractivity contribution in [3.8, 4) is 11.3 Å². The number of amides is 1. The molecule has 5 aromatic rings. The molecule has 0 aliphatic carbocycles. The maximum Gasteiger partial charge on any atom is 0.259 e. The topological polar surface area (TPSA) is 90.0 Å². The average molecular weight is 436 g/mol. The fourth-order valence-corrected chi connectivity index (χ4v) is 3.71. The van der Waals surface area contributed by atoms with Crippen LogP contribution in [0.1, 0.15) is 21.6 Å². The second-order valence-electron chi connectivity index (χ2n) is 7.69. The summed E-state index contributed by atoms with van der Waals surface area (Å²) in [5.74, 6) is -0.280. The number of nitrogens with one attached hydrogen (secondary N) is 1. The lowest BCUT2D eigenvalue weighted by atomic mass is 10.0. The number of rotatable bonds is 5. The summed E-state index contributed by atoms with van der Waals surface area (Å²) in [7, 11) is 0. The van der Waals surface area contributed by atoms with Crippen LogP contribution < -0.4 is 10.9 Å². The van der Waals surface area contributed by atoms with E-state index in [9.17, 15) is 9.59 Å².